The van der Waals surface area contributed by atoms with Gasteiger partial charge in [0.1, 0.15) is 0 Å². The summed E-state index contributed by atoms with van der Waals surface area (Å²) in [7, 11) is 0. The standard InChI is InChI=1S/C12H19N3O2/c1-12(4-6-16-8-12)11-14-10(17-15-11)9-3-2-5-13-7-9/h9,13H,2-8H2,1H3. The van der Waals surface area contributed by atoms with Crippen molar-refractivity contribution in [3.8, 4) is 0 Å². The van der Waals surface area contributed by atoms with Crippen LogP contribution in [0.3, 0.4) is 0 Å². The van der Waals surface area contributed by atoms with Gasteiger partial charge in [-0.05, 0) is 32.7 Å². The molecule has 0 amide bonds. The molecule has 1 aromatic rings. The molecule has 17 heavy (non-hydrogen) atoms. The first-order valence-electron chi connectivity index (χ1n) is 6.40. The number of aromatic nitrogens is 2. The lowest BCUT2D eigenvalue weighted by Crippen LogP contribution is -2.29. The van der Waals surface area contributed by atoms with Gasteiger partial charge in [-0.3, -0.25) is 0 Å². The molecule has 2 unspecified atom stereocenters. The van der Waals surface area contributed by atoms with Crippen molar-refractivity contribution in [2.24, 2.45) is 0 Å². The molecule has 2 aliphatic heterocycles. The van der Waals surface area contributed by atoms with Crippen molar-refractivity contribution in [2.45, 2.75) is 37.5 Å². The van der Waals surface area contributed by atoms with Crippen LogP contribution in [-0.4, -0.2) is 36.4 Å². The van der Waals surface area contributed by atoms with Gasteiger partial charge < -0.3 is 14.6 Å². The van der Waals surface area contributed by atoms with Gasteiger partial charge >= 0.3 is 0 Å². The third-order valence-electron chi connectivity index (χ3n) is 3.85. The first-order chi connectivity index (χ1) is 8.28. The Balaban J connectivity index is 1.77. The minimum atomic E-state index is -0.0517. The number of rotatable bonds is 2. The van der Waals surface area contributed by atoms with Gasteiger partial charge in [-0.25, -0.2) is 0 Å². The Kier molecular flexibility index (Phi) is 2.88. The van der Waals surface area contributed by atoms with Crippen molar-refractivity contribution in [1.29, 1.82) is 0 Å². The molecular weight excluding hydrogens is 218 g/mol. The van der Waals surface area contributed by atoms with Crippen molar-refractivity contribution in [1.82, 2.24) is 15.5 Å². The number of nitrogens with zero attached hydrogens (tertiary/aromatic N) is 2. The zero-order valence-electron chi connectivity index (χ0n) is 10.2. The Morgan fingerprint density at radius 1 is 1.47 bits per heavy atom. The molecule has 2 atom stereocenters. The highest BCUT2D eigenvalue weighted by Gasteiger charge is 2.37. The Labute approximate surface area is 101 Å². The largest absolute Gasteiger partial charge is 0.380 e. The van der Waals surface area contributed by atoms with Crippen LogP contribution in [0, 0.1) is 0 Å². The zero-order chi connectivity index (χ0) is 11.7. The van der Waals surface area contributed by atoms with Crippen LogP contribution in [0.5, 0.6) is 0 Å². The summed E-state index contributed by atoms with van der Waals surface area (Å²) in [6, 6.07) is 0. The van der Waals surface area contributed by atoms with Crippen LogP contribution in [0.4, 0.5) is 0 Å². The van der Waals surface area contributed by atoms with E-state index in [-0.39, 0.29) is 5.41 Å². The lowest BCUT2D eigenvalue weighted by atomic mass is 9.89. The molecular formula is C12H19N3O2. The number of hydrogen-bond acceptors (Lipinski definition) is 5. The summed E-state index contributed by atoms with van der Waals surface area (Å²) in [5.74, 6) is 1.99. The van der Waals surface area contributed by atoms with Crippen molar-refractivity contribution < 1.29 is 9.26 Å². The summed E-state index contributed by atoms with van der Waals surface area (Å²) in [6.07, 6.45) is 3.31. The normalized spacial score (nSPS) is 34.1. The van der Waals surface area contributed by atoms with E-state index in [0.717, 1.165) is 44.3 Å². The highest BCUT2D eigenvalue weighted by molar-refractivity contribution is 5.09. The molecule has 1 N–H and O–H groups in total. The van der Waals surface area contributed by atoms with Gasteiger partial charge in [-0.15, -0.1) is 0 Å². The van der Waals surface area contributed by atoms with E-state index in [9.17, 15) is 0 Å². The van der Waals surface area contributed by atoms with Gasteiger partial charge in [0, 0.05) is 13.2 Å². The molecule has 5 heteroatoms. The molecule has 2 fully saturated rings. The maximum absolute atomic E-state index is 5.44. The molecule has 1 aromatic heterocycles. The Morgan fingerprint density at radius 2 is 2.41 bits per heavy atom. The van der Waals surface area contributed by atoms with Crippen LogP contribution in [-0.2, 0) is 10.2 Å². The molecule has 0 spiro atoms. The van der Waals surface area contributed by atoms with Gasteiger partial charge in [-0.2, -0.15) is 4.98 Å². The SMILES string of the molecule is CC1(c2noc(C3CCCNC3)n2)CCOC1. The van der Waals surface area contributed by atoms with Crippen molar-refractivity contribution >= 4 is 0 Å². The quantitative estimate of drug-likeness (QED) is 0.838. The lowest BCUT2D eigenvalue weighted by molar-refractivity contribution is 0.178. The Hall–Kier alpha value is -0.940. The first-order valence-corrected chi connectivity index (χ1v) is 6.40. The van der Waals surface area contributed by atoms with E-state index in [1.54, 1.807) is 0 Å². The molecule has 0 radical (unpaired) electrons. The van der Waals surface area contributed by atoms with Crippen LogP contribution in [0.1, 0.15) is 43.8 Å². The predicted octanol–water partition coefficient (Wildman–Crippen LogP) is 1.21. The van der Waals surface area contributed by atoms with E-state index >= 15 is 0 Å². The van der Waals surface area contributed by atoms with Gasteiger partial charge in [-0.1, -0.05) is 5.16 Å². The minimum absolute atomic E-state index is 0.0517. The molecule has 3 rings (SSSR count). The van der Waals surface area contributed by atoms with E-state index in [2.05, 4.69) is 22.4 Å². The molecule has 0 bridgehead atoms. The van der Waals surface area contributed by atoms with Crippen LogP contribution in [0.15, 0.2) is 4.52 Å². The Morgan fingerprint density at radius 3 is 3.12 bits per heavy atom. The zero-order valence-corrected chi connectivity index (χ0v) is 10.2. The fraction of sp³-hybridized carbons (Fsp3) is 0.833. The molecule has 0 aromatic carbocycles. The minimum Gasteiger partial charge on any atom is -0.380 e. The maximum atomic E-state index is 5.44. The highest BCUT2D eigenvalue weighted by atomic mass is 16.5. The monoisotopic (exact) mass is 237 g/mol. The molecule has 5 nitrogen and oxygen atoms in total. The summed E-state index contributed by atoms with van der Waals surface area (Å²) in [4.78, 5) is 4.59. The Bertz CT molecular complexity index is 379. The van der Waals surface area contributed by atoms with E-state index in [0.29, 0.717) is 12.5 Å². The van der Waals surface area contributed by atoms with Crippen LogP contribution >= 0.6 is 0 Å². The van der Waals surface area contributed by atoms with E-state index < -0.39 is 0 Å². The van der Waals surface area contributed by atoms with E-state index in [1.165, 1.54) is 6.42 Å². The number of ether oxygens (including phenoxy) is 1. The van der Waals surface area contributed by atoms with Crippen LogP contribution in [0.25, 0.3) is 0 Å². The third-order valence-corrected chi connectivity index (χ3v) is 3.85. The van der Waals surface area contributed by atoms with Crippen molar-refractivity contribution in [3.05, 3.63) is 11.7 Å². The molecule has 2 saturated heterocycles. The van der Waals surface area contributed by atoms with Crippen molar-refractivity contribution in [3.63, 3.8) is 0 Å². The number of nitrogens with one attached hydrogen (secondary N) is 1. The summed E-state index contributed by atoms with van der Waals surface area (Å²) >= 11 is 0. The van der Waals surface area contributed by atoms with Gasteiger partial charge in [0.15, 0.2) is 5.82 Å². The molecule has 3 heterocycles. The summed E-state index contributed by atoms with van der Waals surface area (Å²) in [5, 5.41) is 7.52. The van der Waals surface area contributed by atoms with Crippen LogP contribution in [0.2, 0.25) is 0 Å². The second-order valence-electron chi connectivity index (χ2n) is 5.36. The maximum Gasteiger partial charge on any atom is 0.231 e. The highest BCUT2D eigenvalue weighted by Crippen LogP contribution is 2.32. The topological polar surface area (TPSA) is 60.2 Å². The summed E-state index contributed by atoms with van der Waals surface area (Å²) < 4.78 is 10.9. The average molecular weight is 237 g/mol. The lowest BCUT2D eigenvalue weighted by Gasteiger charge is -2.19. The predicted molar refractivity (Wildman–Crippen MR) is 61.9 cm³/mol. The fourth-order valence-electron chi connectivity index (χ4n) is 2.55. The molecule has 94 valence electrons. The van der Waals surface area contributed by atoms with Gasteiger partial charge in [0.05, 0.1) is 17.9 Å². The third kappa shape index (κ3) is 2.09. The van der Waals surface area contributed by atoms with E-state index in [4.69, 9.17) is 9.26 Å². The average Bonchev–Trinajstić information content (AvgIpc) is 2.99. The van der Waals surface area contributed by atoms with Crippen LogP contribution < -0.4 is 5.32 Å². The van der Waals surface area contributed by atoms with Gasteiger partial charge in [0.2, 0.25) is 5.89 Å². The van der Waals surface area contributed by atoms with E-state index in [1.807, 2.05) is 0 Å². The molecule has 2 aliphatic rings. The summed E-state index contributed by atoms with van der Waals surface area (Å²) in [6.45, 7) is 5.70. The number of piperidine rings is 1. The van der Waals surface area contributed by atoms with Crippen molar-refractivity contribution in [2.75, 3.05) is 26.3 Å². The second kappa shape index (κ2) is 4.38. The second-order valence-corrected chi connectivity index (χ2v) is 5.36. The van der Waals surface area contributed by atoms with Gasteiger partial charge in [0.25, 0.3) is 0 Å². The smallest absolute Gasteiger partial charge is 0.231 e. The summed E-state index contributed by atoms with van der Waals surface area (Å²) in [5.41, 5.74) is -0.0517. The fourth-order valence-corrected chi connectivity index (χ4v) is 2.55. The first kappa shape index (κ1) is 11.2. The molecule has 0 saturated carbocycles. The number of hydrogen-bond donors (Lipinski definition) is 1. The molecule has 0 aliphatic carbocycles.